The monoisotopic (exact) mass is 352 g/mol. The van der Waals surface area contributed by atoms with Crippen molar-refractivity contribution in [2.45, 2.75) is 6.92 Å². The molecule has 3 rings (SSSR count). The summed E-state index contributed by atoms with van der Waals surface area (Å²) in [6, 6.07) is 9.89. The summed E-state index contributed by atoms with van der Waals surface area (Å²) in [5.41, 5.74) is 2.85. The normalized spacial score (nSPS) is 9.70. The van der Waals surface area contributed by atoms with Gasteiger partial charge >= 0.3 is 0 Å². The molecule has 0 bridgehead atoms. The Bertz CT molecular complexity index is 795. The molecule has 3 aromatic rings. The Kier molecular flexibility index (Phi) is 6.61. The van der Waals surface area contributed by atoms with E-state index < -0.39 is 0 Å². The van der Waals surface area contributed by atoms with Gasteiger partial charge in [0.15, 0.2) is 11.5 Å². The van der Waals surface area contributed by atoms with Crippen LogP contribution < -0.4 is 9.47 Å². The second kappa shape index (κ2) is 7.99. The number of methoxy groups -OCH3 is 2. The van der Waals surface area contributed by atoms with E-state index in [-0.39, 0.29) is 24.8 Å². The standard InChI is InChI=1S/C17H16N2O2.2ClH/c1-11-14-9-17(21-3)16(20-2)8-13(14)7-15(19-11)12-5-4-6-18-10-12;;/h4-10H,1-3H3;2*1H. The second-order valence-corrected chi connectivity index (χ2v) is 4.76. The zero-order valence-corrected chi connectivity index (χ0v) is 14.7. The van der Waals surface area contributed by atoms with Crippen LogP contribution in [0.2, 0.25) is 0 Å². The lowest BCUT2D eigenvalue weighted by Crippen LogP contribution is -1.94. The highest BCUT2D eigenvalue weighted by atomic mass is 35.5. The van der Waals surface area contributed by atoms with E-state index in [1.165, 1.54) is 0 Å². The van der Waals surface area contributed by atoms with Crippen LogP contribution in [0.25, 0.3) is 22.0 Å². The molecule has 0 amide bonds. The van der Waals surface area contributed by atoms with Crippen molar-refractivity contribution in [1.82, 2.24) is 9.97 Å². The number of pyridine rings is 2. The number of ether oxygens (including phenoxy) is 2. The van der Waals surface area contributed by atoms with Crippen LogP contribution in [0.3, 0.4) is 0 Å². The van der Waals surface area contributed by atoms with Gasteiger partial charge in [-0.15, -0.1) is 24.8 Å². The highest BCUT2D eigenvalue weighted by molar-refractivity contribution is 5.90. The van der Waals surface area contributed by atoms with E-state index in [9.17, 15) is 0 Å². The molecule has 0 spiro atoms. The third-order valence-electron chi connectivity index (χ3n) is 3.48. The summed E-state index contributed by atoms with van der Waals surface area (Å²) in [5, 5.41) is 2.12. The average molecular weight is 353 g/mol. The van der Waals surface area contributed by atoms with Gasteiger partial charge in [0.1, 0.15) is 0 Å². The number of benzene rings is 1. The smallest absolute Gasteiger partial charge is 0.161 e. The van der Waals surface area contributed by atoms with Crippen molar-refractivity contribution in [2.24, 2.45) is 0 Å². The molecule has 0 atom stereocenters. The van der Waals surface area contributed by atoms with Gasteiger partial charge in [-0.1, -0.05) is 0 Å². The maximum atomic E-state index is 5.37. The average Bonchev–Trinajstić information content (AvgIpc) is 2.54. The van der Waals surface area contributed by atoms with Crippen LogP contribution in [0.5, 0.6) is 11.5 Å². The number of rotatable bonds is 3. The minimum absolute atomic E-state index is 0. The molecule has 0 saturated heterocycles. The Balaban J connectivity index is 0.00000132. The van der Waals surface area contributed by atoms with Crippen molar-refractivity contribution in [3.05, 3.63) is 48.4 Å². The molecule has 0 aliphatic heterocycles. The van der Waals surface area contributed by atoms with Crippen LogP contribution in [0, 0.1) is 6.92 Å². The summed E-state index contributed by atoms with van der Waals surface area (Å²) in [7, 11) is 3.27. The second-order valence-electron chi connectivity index (χ2n) is 4.76. The van der Waals surface area contributed by atoms with Crippen molar-refractivity contribution >= 4 is 35.6 Å². The highest BCUT2D eigenvalue weighted by Crippen LogP contribution is 2.34. The van der Waals surface area contributed by atoms with Gasteiger partial charge in [0.05, 0.1) is 19.9 Å². The van der Waals surface area contributed by atoms with Crippen molar-refractivity contribution in [3.8, 4) is 22.8 Å². The molecule has 6 heteroatoms. The Morgan fingerprint density at radius 1 is 0.957 bits per heavy atom. The molecule has 23 heavy (non-hydrogen) atoms. The lowest BCUT2D eigenvalue weighted by Gasteiger charge is -2.11. The molecule has 2 heterocycles. The molecule has 0 unspecified atom stereocenters. The molecule has 4 nitrogen and oxygen atoms in total. The Morgan fingerprint density at radius 2 is 1.65 bits per heavy atom. The zero-order valence-electron chi connectivity index (χ0n) is 13.1. The first-order valence-electron chi connectivity index (χ1n) is 6.66. The molecule has 122 valence electrons. The van der Waals surface area contributed by atoms with Crippen LogP contribution in [-0.4, -0.2) is 24.2 Å². The zero-order chi connectivity index (χ0) is 14.8. The number of halogens is 2. The quantitative estimate of drug-likeness (QED) is 0.697. The number of fused-ring (bicyclic) bond motifs is 1. The summed E-state index contributed by atoms with van der Waals surface area (Å²) >= 11 is 0. The van der Waals surface area contributed by atoms with Gasteiger partial charge in [0.2, 0.25) is 0 Å². The topological polar surface area (TPSA) is 44.2 Å². The molecular formula is C17H18Cl2N2O2. The Hall–Kier alpha value is -2.04. The van der Waals surface area contributed by atoms with E-state index in [4.69, 9.17) is 9.47 Å². The van der Waals surface area contributed by atoms with Crippen molar-refractivity contribution < 1.29 is 9.47 Å². The number of aromatic nitrogens is 2. The Labute approximate surface area is 147 Å². The van der Waals surface area contributed by atoms with Gasteiger partial charge in [-0.2, -0.15) is 0 Å². The first kappa shape index (κ1) is 19.0. The largest absolute Gasteiger partial charge is 0.493 e. The molecule has 0 fully saturated rings. The summed E-state index contributed by atoms with van der Waals surface area (Å²) in [6.45, 7) is 1.99. The lowest BCUT2D eigenvalue weighted by molar-refractivity contribution is 0.356. The molecular weight excluding hydrogens is 335 g/mol. The first-order chi connectivity index (χ1) is 10.2. The SMILES string of the molecule is COc1cc2cc(-c3cccnc3)nc(C)c2cc1OC.Cl.Cl. The van der Waals surface area contributed by atoms with Crippen LogP contribution >= 0.6 is 24.8 Å². The van der Waals surface area contributed by atoms with E-state index in [1.54, 1.807) is 20.4 Å². The maximum Gasteiger partial charge on any atom is 0.161 e. The molecule has 0 aliphatic carbocycles. The number of hydrogen-bond donors (Lipinski definition) is 0. The number of hydrogen-bond acceptors (Lipinski definition) is 4. The molecule has 0 N–H and O–H groups in total. The fraction of sp³-hybridized carbons (Fsp3) is 0.176. The van der Waals surface area contributed by atoms with E-state index >= 15 is 0 Å². The predicted octanol–water partition coefficient (Wildman–Crippen LogP) is 4.47. The highest BCUT2D eigenvalue weighted by Gasteiger charge is 2.10. The summed E-state index contributed by atoms with van der Waals surface area (Å²) in [5.74, 6) is 1.43. The molecule has 1 aromatic carbocycles. The molecule has 0 radical (unpaired) electrons. The first-order valence-corrected chi connectivity index (χ1v) is 6.66. The molecule has 2 aromatic heterocycles. The summed E-state index contributed by atoms with van der Waals surface area (Å²) in [6.07, 6.45) is 3.57. The van der Waals surface area contributed by atoms with Gasteiger partial charge in [-0.25, -0.2) is 0 Å². The van der Waals surface area contributed by atoms with Crippen LogP contribution in [0.4, 0.5) is 0 Å². The fourth-order valence-corrected chi connectivity index (χ4v) is 2.41. The van der Waals surface area contributed by atoms with Gasteiger partial charge < -0.3 is 9.47 Å². The number of nitrogens with zero attached hydrogens (tertiary/aromatic N) is 2. The Morgan fingerprint density at radius 3 is 2.26 bits per heavy atom. The molecule has 0 aliphatic rings. The van der Waals surface area contributed by atoms with Gasteiger partial charge in [0, 0.05) is 29.0 Å². The summed E-state index contributed by atoms with van der Waals surface area (Å²) in [4.78, 5) is 8.81. The maximum absolute atomic E-state index is 5.37. The van der Waals surface area contributed by atoms with Crippen molar-refractivity contribution in [2.75, 3.05) is 14.2 Å². The van der Waals surface area contributed by atoms with Crippen molar-refractivity contribution in [3.63, 3.8) is 0 Å². The van der Waals surface area contributed by atoms with Gasteiger partial charge in [-0.05, 0) is 42.6 Å². The summed E-state index contributed by atoms with van der Waals surface area (Å²) < 4.78 is 10.7. The van der Waals surface area contributed by atoms with Crippen molar-refractivity contribution in [1.29, 1.82) is 0 Å². The predicted molar refractivity (Wildman–Crippen MR) is 97.3 cm³/mol. The van der Waals surface area contributed by atoms with E-state index in [0.717, 1.165) is 27.7 Å². The van der Waals surface area contributed by atoms with Crippen LogP contribution in [-0.2, 0) is 0 Å². The fourth-order valence-electron chi connectivity index (χ4n) is 2.41. The minimum atomic E-state index is 0. The van der Waals surface area contributed by atoms with E-state index in [0.29, 0.717) is 11.5 Å². The lowest BCUT2D eigenvalue weighted by atomic mass is 10.1. The van der Waals surface area contributed by atoms with Gasteiger partial charge in [-0.3, -0.25) is 9.97 Å². The van der Waals surface area contributed by atoms with Gasteiger partial charge in [0.25, 0.3) is 0 Å². The van der Waals surface area contributed by atoms with Crippen LogP contribution in [0.15, 0.2) is 42.7 Å². The van der Waals surface area contributed by atoms with E-state index in [1.807, 2.05) is 43.5 Å². The minimum Gasteiger partial charge on any atom is -0.493 e. The molecule has 0 saturated carbocycles. The number of aryl methyl sites for hydroxylation is 1. The third kappa shape index (κ3) is 3.66. The van der Waals surface area contributed by atoms with E-state index in [2.05, 4.69) is 9.97 Å². The third-order valence-corrected chi connectivity index (χ3v) is 3.48. The van der Waals surface area contributed by atoms with Crippen LogP contribution in [0.1, 0.15) is 5.69 Å².